The minimum Gasteiger partial charge on any atom is -0.337 e. The summed E-state index contributed by atoms with van der Waals surface area (Å²) in [6, 6.07) is 7.34. The van der Waals surface area contributed by atoms with E-state index in [1.165, 1.54) is 0 Å². The SMILES string of the molecule is Cc1cccc2nc(CN(C)CCCn3ccnc3)cc(=O)n12. The molecule has 3 heterocycles. The van der Waals surface area contributed by atoms with E-state index in [-0.39, 0.29) is 5.56 Å². The summed E-state index contributed by atoms with van der Waals surface area (Å²) >= 11 is 0. The number of fused-ring (bicyclic) bond motifs is 1. The first-order chi connectivity index (χ1) is 11.1. The van der Waals surface area contributed by atoms with Crippen LogP contribution in [0.2, 0.25) is 0 Å². The zero-order valence-corrected chi connectivity index (χ0v) is 13.5. The predicted octanol–water partition coefficient (Wildman–Crippen LogP) is 1.72. The summed E-state index contributed by atoms with van der Waals surface area (Å²) in [6.07, 6.45) is 6.61. The molecule has 0 saturated carbocycles. The van der Waals surface area contributed by atoms with Gasteiger partial charge in [-0.25, -0.2) is 9.97 Å². The Morgan fingerprint density at radius 2 is 2.17 bits per heavy atom. The molecule has 23 heavy (non-hydrogen) atoms. The number of aryl methyl sites for hydroxylation is 2. The fourth-order valence-corrected chi connectivity index (χ4v) is 2.74. The summed E-state index contributed by atoms with van der Waals surface area (Å²) in [4.78, 5) is 23.1. The number of rotatable bonds is 6. The number of nitrogens with zero attached hydrogens (tertiary/aromatic N) is 5. The maximum absolute atomic E-state index is 12.3. The van der Waals surface area contributed by atoms with Crippen LogP contribution in [-0.2, 0) is 13.1 Å². The van der Waals surface area contributed by atoms with E-state index in [2.05, 4.69) is 19.4 Å². The smallest absolute Gasteiger partial charge is 0.258 e. The molecule has 6 heteroatoms. The number of pyridine rings is 1. The molecule has 0 N–H and O–H groups in total. The molecule has 3 aromatic heterocycles. The molecule has 6 nitrogen and oxygen atoms in total. The van der Waals surface area contributed by atoms with Crippen LogP contribution in [0.1, 0.15) is 17.8 Å². The molecule has 0 fully saturated rings. The van der Waals surface area contributed by atoms with Gasteiger partial charge in [0.25, 0.3) is 5.56 Å². The van der Waals surface area contributed by atoms with Gasteiger partial charge in [0.1, 0.15) is 5.65 Å². The zero-order valence-electron chi connectivity index (χ0n) is 13.5. The normalized spacial score (nSPS) is 11.4. The van der Waals surface area contributed by atoms with Gasteiger partial charge < -0.3 is 9.47 Å². The largest absolute Gasteiger partial charge is 0.337 e. The van der Waals surface area contributed by atoms with Gasteiger partial charge >= 0.3 is 0 Å². The fraction of sp³-hybridized carbons (Fsp3) is 0.353. The number of hydrogen-bond acceptors (Lipinski definition) is 4. The minimum atomic E-state index is -0.0186. The molecule has 0 unspecified atom stereocenters. The van der Waals surface area contributed by atoms with E-state index >= 15 is 0 Å². The van der Waals surface area contributed by atoms with Crippen molar-refractivity contribution in [2.75, 3.05) is 13.6 Å². The Labute approximate surface area is 135 Å². The Balaban J connectivity index is 1.65. The Bertz CT molecular complexity index is 838. The summed E-state index contributed by atoms with van der Waals surface area (Å²) in [5.74, 6) is 0. The maximum Gasteiger partial charge on any atom is 0.258 e. The highest BCUT2D eigenvalue weighted by atomic mass is 16.1. The van der Waals surface area contributed by atoms with Crippen molar-refractivity contribution in [1.29, 1.82) is 0 Å². The summed E-state index contributed by atoms with van der Waals surface area (Å²) in [6.45, 7) is 4.46. The van der Waals surface area contributed by atoms with Gasteiger partial charge in [0, 0.05) is 37.2 Å². The molecule has 0 amide bonds. The van der Waals surface area contributed by atoms with Crippen LogP contribution in [0.3, 0.4) is 0 Å². The van der Waals surface area contributed by atoms with Crippen LogP contribution in [0.4, 0.5) is 0 Å². The molecule has 0 aromatic carbocycles. The van der Waals surface area contributed by atoms with Gasteiger partial charge in [0.15, 0.2) is 0 Å². The average Bonchev–Trinajstić information content (AvgIpc) is 3.00. The number of aromatic nitrogens is 4. The van der Waals surface area contributed by atoms with Gasteiger partial charge in [0.2, 0.25) is 0 Å². The van der Waals surface area contributed by atoms with E-state index < -0.39 is 0 Å². The van der Waals surface area contributed by atoms with Crippen LogP contribution in [0.5, 0.6) is 0 Å². The molecule has 0 aliphatic rings. The second kappa shape index (κ2) is 6.75. The third-order valence-electron chi connectivity index (χ3n) is 3.88. The zero-order chi connectivity index (χ0) is 16.2. The van der Waals surface area contributed by atoms with Crippen LogP contribution in [0.25, 0.3) is 5.65 Å². The third-order valence-corrected chi connectivity index (χ3v) is 3.88. The van der Waals surface area contributed by atoms with E-state index in [9.17, 15) is 4.79 Å². The Morgan fingerprint density at radius 3 is 2.96 bits per heavy atom. The van der Waals surface area contributed by atoms with Gasteiger partial charge in [0.05, 0.1) is 12.0 Å². The molecule has 0 atom stereocenters. The lowest BCUT2D eigenvalue weighted by Crippen LogP contribution is -2.24. The van der Waals surface area contributed by atoms with Crippen molar-refractivity contribution in [2.45, 2.75) is 26.4 Å². The van der Waals surface area contributed by atoms with Crippen molar-refractivity contribution in [3.05, 3.63) is 64.7 Å². The highest BCUT2D eigenvalue weighted by Crippen LogP contribution is 2.05. The molecule has 0 bridgehead atoms. The Morgan fingerprint density at radius 1 is 1.30 bits per heavy atom. The van der Waals surface area contributed by atoms with Crippen LogP contribution in [0, 0.1) is 6.92 Å². The maximum atomic E-state index is 12.3. The van der Waals surface area contributed by atoms with Crippen molar-refractivity contribution in [3.8, 4) is 0 Å². The molecule has 3 aromatic rings. The van der Waals surface area contributed by atoms with Crippen molar-refractivity contribution in [1.82, 2.24) is 23.8 Å². The minimum absolute atomic E-state index is 0.0186. The van der Waals surface area contributed by atoms with Crippen LogP contribution < -0.4 is 5.56 Å². The van der Waals surface area contributed by atoms with Crippen LogP contribution in [-0.4, -0.2) is 37.4 Å². The monoisotopic (exact) mass is 311 g/mol. The van der Waals surface area contributed by atoms with Gasteiger partial charge in [-0.15, -0.1) is 0 Å². The molecular weight excluding hydrogens is 290 g/mol. The first-order valence-electron chi connectivity index (χ1n) is 7.76. The van der Waals surface area contributed by atoms with Gasteiger partial charge in [-0.05, 0) is 39.1 Å². The molecule has 0 radical (unpaired) electrons. The van der Waals surface area contributed by atoms with E-state index in [4.69, 9.17) is 0 Å². The van der Waals surface area contributed by atoms with E-state index in [1.54, 1.807) is 16.7 Å². The number of imidazole rings is 1. The molecule has 3 rings (SSSR count). The standard InChI is InChI=1S/C17H21N5O/c1-14-5-3-6-16-19-15(11-17(23)22(14)16)12-20(2)8-4-9-21-10-7-18-13-21/h3,5-7,10-11,13H,4,8-9,12H2,1-2H3. The number of hydrogen-bond donors (Lipinski definition) is 0. The lowest BCUT2D eigenvalue weighted by molar-refractivity contribution is 0.310. The summed E-state index contributed by atoms with van der Waals surface area (Å²) in [5, 5.41) is 0. The molecule has 120 valence electrons. The summed E-state index contributed by atoms with van der Waals surface area (Å²) in [7, 11) is 2.05. The van der Waals surface area contributed by atoms with Crippen molar-refractivity contribution < 1.29 is 0 Å². The Hall–Kier alpha value is -2.47. The first-order valence-corrected chi connectivity index (χ1v) is 7.76. The predicted molar refractivity (Wildman–Crippen MR) is 89.4 cm³/mol. The van der Waals surface area contributed by atoms with E-state index in [0.717, 1.165) is 30.9 Å². The second-order valence-electron chi connectivity index (χ2n) is 5.84. The quantitative estimate of drug-likeness (QED) is 0.695. The molecule has 0 aliphatic heterocycles. The van der Waals surface area contributed by atoms with Crippen molar-refractivity contribution in [2.24, 2.45) is 0 Å². The molecule has 0 spiro atoms. The summed E-state index contributed by atoms with van der Waals surface area (Å²) < 4.78 is 3.71. The van der Waals surface area contributed by atoms with E-state index in [1.807, 2.05) is 44.7 Å². The van der Waals surface area contributed by atoms with Crippen LogP contribution in [0.15, 0.2) is 47.8 Å². The highest BCUT2D eigenvalue weighted by molar-refractivity contribution is 5.40. The third kappa shape index (κ3) is 3.65. The molecule has 0 saturated heterocycles. The molecular formula is C17H21N5O. The average molecular weight is 311 g/mol. The fourth-order valence-electron chi connectivity index (χ4n) is 2.74. The molecule has 0 aliphatic carbocycles. The first kappa shape index (κ1) is 15.4. The van der Waals surface area contributed by atoms with Crippen molar-refractivity contribution >= 4 is 5.65 Å². The second-order valence-corrected chi connectivity index (χ2v) is 5.84. The topological polar surface area (TPSA) is 55.4 Å². The lowest BCUT2D eigenvalue weighted by Gasteiger charge is -2.16. The van der Waals surface area contributed by atoms with Crippen LogP contribution >= 0.6 is 0 Å². The van der Waals surface area contributed by atoms with E-state index in [0.29, 0.717) is 12.2 Å². The summed E-state index contributed by atoms with van der Waals surface area (Å²) in [5.41, 5.74) is 2.40. The highest BCUT2D eigenvalue weighted by Gasteiger charge is 2.06. The lowest BCUT2D eigenvalue weighted by atomic mass is 10.3. The van der Waals surface area contributed by atoms with Gasteiger partial charge in [-0.3, -0.25) is 9.20 Å². The van der Waals surface area contributed by atoms with Gasteiger partial charge in [-0.1, -0.05) is 6.07 Å². The van der Waals surface area contributed by atoms with Gasteiger partial charge in [-0.2, -0.15) is 0 Å². The van der Waals surface area contributed by atoms with Crippen molar-refractivity contribution in [3.63, 3.8) is 0 Å². The Kier molecular flexibility index (Phi) is 4.52.